The van der Waals surface area contributed by atoms with Crippen molar-refractivity contribution in [3.63, 3.8) is 0 Å². The maximum Gasteiger partial charge on any atom is 0.326 e. The lowest BCUT2D eigenvalue weighted by Gasteiger charge is -2.15. The summed E-state index contributed by atoms with van der Waals surface area (Å²) in [5.41, 5.74) is 0.0495. The van der Waals surface area contributed by atoms with Gasteiger partial charge < -0.3 is 25.0 Å². The molecule has 1 aromatic carbocycles. The first kappa shape index (κ1) is 16.3. The third-order valence-electron chi connectivity index (χ3n) is 2.63. The van der Waals surface area contributed by atoms with Crippen molar-refractivity contribution in [2.45, 2.75) is 12.5 Å². The smallest absolute Gasteiger partial charge is 0.326 e. The van der Waals surface area contributed by atoms with Crippen LogP contribution in [-0.4, -0.2) is 48.3 Å². The van der Waals surface area contributed by atoms with Crippen LogP contribution in [0.15, 0.2) is 18.2 Å². The highest BCUT2D eigenvalue weighted by atomic mass is 16.5. The van der Waals surface area contributed by atoms with E-state index in [1.807, 2.05) is 0 Å². The van der Waals surface area contributed by atoms with Crippen molar-refractivity contribution >= 4 is 17.8 Å². The van der Waals surface area contributed by atoms with Gasteiger partial charge in [-0.1, -0.05) is 6.07 Å². The molecule has 0 fully saturated rings. The lowest BCUT2D eigenvalue weighted by atomic mass is 10.1. The first-order valence-electron chi connectivity index (χ1n) is 5.87. The Bertz CT molecular complexity index is 555. The second kappa shape index (κ2) is 7.13. The van der Waals surface area contributed by atoms with Gasteiger partial charge >= 0.3 is 11.9 Å². The van der Waals surface area contributed by atoms with Crippen LogP contribution in [0.4, 0.5) is 0 Å². The van der Waals surface area contributed by atoms with Gasteiger partial charge in [-0.15, -0.1) is 0 Å². The Hall–Kier alpha value is -2.77. The molecule has 8 nitrogen and oxygen atoms in total. The molecular formula is C13H15NO7. The molecule has 0 aromatic heterocycles. The Labute approximate surface area is 120 Å². The van der Waals surface area contributed by atoms with Gasteiger partial charge in [0.25, 0.3) is 5.91 Å². The summed E-state index contributed by atoms with van der Waals surface area (Å²) in [6.45, 7) is 0. The van der Waals surface area contributed by atoms with Crippen LogP contribution < -0.4 is 14.8 Å². The van der Waals surface area contributed by atoms with Crippen LogP contribution in [-0.2, 0) is 9.59 Å². The number of carbonyl (C=O) groups excluding carboxylic acids is 1. The minimum Gasteiger partial charge on any atom is -0.493 e. The fraction of sp³-hybridized carbons (Fsp3) is 0.308. The van der Waals surface area contributed by atoms with E-state index in [9.17, 15) is 14.4 Å². The first-order chi connectivity index (χ1) is 9.90. The highest BCUT2D eigenvalue weighted by molar-refractivity contribution is 6.00. The zero-order valence-electron chi connectivity index (χ0n) is 11.5. The van der Waals surface area contributed by atoms with Gasteiger partial charge in [0, 0.05) is 0 Å². The van der Waals surface area contributed by atoms with Crippen LogP contribution >= 0.6 is 0 Å². The number of benzene rings is 1. The molecule has 0 heterocycles. The summed E-state index contributed by atoms with van der Waals surface area (Å²) in [5.74, 6) is -3.10. The van der Waals surface area contributed by atoms with Crippen LogP contribution in [0.25, 0.3) is 0 Å². The summed E-state index contributed by atoms with van der Waals surface area (Å²) in [7, 11) is 2.73. The van der Waals surface area contributed by atoms with Gasteiger partial charge in [0.1, 0.15) is 6.04 Å². The topological polar surface area (TPSA) is 122 Å². The summed E-state index contributed by atoms with van der Waals surface area (Å²) < 4.78 is 10.1. The number of amides is 1. The van der Waals surface area contributed by atoms with Crippen molar-refractivity contribution in [1.29, 1.82) is 0 Å². The second-order valence-electron chi connectivity index (χ2n) is 4.00. The number of hydrogen-bond acceptors (Lipinski definition) is 5. The van der Waals surface area contributed by atoms with Gasteiger partial charge in [-0.3, -0.25) is 9.59 Å². The molecule has 0 aliphatic carbocycles. The van der Waals surface area contributed by atoms with E-state index < -0.39 is 30.3 Å². The molecule has 21 heavy (non-hydrogen) atoms. The molecule has 1 amide bonds. The van der Waals surface area contributed by atoms with Gasteiger partial charge in [0.15, 0.2) is 11.5 Å². The largest absolute Gasteiger partial charge is 0.493 e. The molecule has 0 bridgehead atoms. The number of carbonyl (C=O) groups is 3. The van der Waals surface area contributed by atoms with Crippen LogP contribution in [0, 0.1) is 0 Å². The fourth-order valence-corrected chi connectivity index (χ4v) is 1.68. The Morgan fingerprint density at radius 1 is 1.19 bits per heavy atom. The lowest BCUT2D eigenvalue weighted by molar-refractivity contribution is -0.145. The summed E-state index contributed by atoms with van der Waals surface area (Å²) in [4.78, 5) is 33.6. The van der Waals surface area contributed by atoms with Crippen molar-refractivity contribution in [2.75, 3.05) is 14.2 Å². The van der Waals surface area contributed by atoms with E-state index >= 15 is 0 Å². The Balaban J connectivity index is 3.02. The number of nitrogens with one attached hydrogen (secondary N) is 1. The molecule has 0 aliphatic rings. The standard InChI is InChI=1S/C13H15NO7/c1-20-9-5-3-4-7(11(9)21-2)12(17)14-8(13(18)19)6-10(15)16/h3-5,8H,6H2,1-2H3,(H,14,17)(H,15,16)(H,18,19)/t8-/m0/s1. The molecular weight excluding hydrogens is 282 g/mol. The first-order valence-corrected chi connectivity index (χ1v) is 5.87. The van der Waals surface area contributed by atoms with E-state index in [2.05, 4.69) is 5.32 Å². The van der Waals surface area contributed by atoms with Gasteiger partial charge in [-0.05, 0) is 12.1 Å². The summed E-state index contributed by atoms with van der Waals surface area (Å²) >= 11 is 0. The molecule has 0 spiro atoms. The van der Waals surface area contributed by atoms with E-state index in [4.69, 9.17) is 19.7 Å². The molecule has 1 aromatic rings. The van der Waals surface area contributed by atoms with Crippen molar-refractivity contribution in [3.8, 4) is 11.5 Å². The molecule has 1 rings (SSSR count). The van der Waals surface area contributed by atoms with Crippen LogP contribution in [0.1, 0.15) is 16.8 Å². The average Bonchev–Trinajstić information content (AvgIpc) is 2.44. The summed E-state index contributed by atoms with van der Waals surface area (Å²) in [6.07, 6.45) is -0.729. The predicted molar refractivity (Wildman–Crippen MR) is 70.7 cm³/mol. The van der Waals surface area contributed by atoms with Gasteiger partial charge in [0.05, 0.1) is 26.2 Å². The summed E-state index contributed by atoms with van der Waals surface area (Å²) in [6, 6.07) is 2.98. The Kier molecular flexibility index (Phi) is 5.53. The van der Waals surface area contributed by atoms with Crippen LogP contribution in [0.2, 0.25) is 0 Å². The Morgan fingerprint density at radius 3 is 2.33 bits per heavy atom. The van der Waals surface area contributed by atoms with E-state index in [-0.39, 0.29) is 11.3 Å². The van der Waals surface area contributed by atoms with Crippen molar-refractivity contribution in [3.05, 3.63) is 23.8 Å². The van der Waals surface area contributed by atoms with E-state index in [0.29, 0.717) is 5.75 Å². The SMILES string of the molecule is COc1cccc(C(=O)N[C@@H](CC(=O)O)C(=O)O)c1OC. The van der Waals surface area contributed by atoms with Gasteiger partial charge in [0.2, 0.25) is 0 Å². The zero-order valence-corrected chi connectivity index (χ0v) is 11.5. The monoisotopic (exact) mass is 297 g/mol. The van der Waals surface area contributed by atoms with Crippen LogP contribution in [0.5, 0.6) is 11.5 Å². The van der Waals surface area contributed by atoms with E-state index in [0.717, 1.165) is 0 Å². The predicted octanol–water partition coefficient (Wildman–Crippen LogP) is 0.361. The third-order valence-corrected chi connectivity index (χ3v) is 2.63. The lowest BCUT2D eigenvalue weighted by Crippen LogP contribution is -2.42. The second-order valence-corrected chi connectivity index (χ2v) is 4.00. The van der Waals surface area contributed by atoms with Crippen molar-refractivity contribution < 1.29 is 34.1 Å². The molecule has 0 aliphatic heterocycles. The van der Waals surface area contributed by atoms with E-state index in [1.165, 1.54) is 26.4 Å². The summed E-state index contributed by atoms with van der Waals surface area (Å²) in [5, 5.41) is 19.7. The minimum absolute atomic E-state index is 0.0495. The number of aliphatic carboxylic acids is 2. The normalized spacial score (nSPS) is 11.3. The van der Waals surface area contributed by atoms with Crippen molar-refractivity contribution in [1.82, 2.24) is 5.32 Å². The van der Waals surface area contributed by atoms with E-state index in [1.54, 1.807) is 6.07 Å². The Morgan fingerprint density at radius 2 is 1.86 bits per heavy atom. The molecule has 0 saturated heterocycles. The maximum absolute atomic E-state index is 12.1. The molecule has 0 unspecified atom stereocenters. The highest BCUT2D eigenvalue weighted by Crippen LogP contribution is 2.30. The third kappa shape index (κ3) is 4.10. The van der Waals surface area contributed by atoms with Gasteiger partial charge in [-0.2, -0.15) is 0 Å². The quantitative estimate of drug-likeness (QED) is 0.664. The van der Waals surface area contributed by atoms with Crippen molar-refractivity contribution in [2.24, 2.45) is 0 Å². The molecule has 114 valence electrons. The maximum atomic E-state index is 12.1. The minimum atomic E-state index is -1.54. The molecule has 0 saturated carbocycles. The van der Waals surface area contributed by atoms with Crippen LogP contribution in [0.3, 0.4) is 0 Å². The highest BCUT2D eigenvalue weighted by Gasteiger charge is 2.25. The average molecular weight is 297 g/mol. The molecule has 1 atom stereocenters. The fourth-order valence-electron chi connectivity index (χ4n) is 1.68. The number of para-hydroxylation sites is 1. The number of ether oxygens (including phenoxy) is 2. The van der Waals surface area contributed by atoms with Gasteiger partial charge in [-0.25, -0.2) is 4.79 Å². The number of methoxy groups -OCH3 is 2. The molecule has 3 N–H and O–H groups in total. The number of rotatable bonds is 7. The number of carboxylic acids is 2. The number of carboxylic acid groups (broad SMARTS) is 2. The number of hydrogen-bond donors (Lipinski definition) is 3. The molecule has 8 heteroatoms. The molecule has 0 radical (unpaired) electrons. The zero-order chi connectivity index (χ0) is 16.0.